The molecular formula is C11H23NO. The summed E-state index contributed by atoms with van der Waals surface area (Å²) >= 11 is 0. The maximum Gasteiger partial charge on any atom is 0.0754 e. The Kier molecular flexibility index (Phi) is 3.74. The molecular weight excluding hydrogens is 162 g/mol. The number of nitrogens with one attached hydrogen (secondary N) is 1. The molecule has 1 atom stereocenters. The first-order chi connectivity index (χ1) is 5.99. The lowest BCUT2D eigenvalue weighted by atomic mass is 10.0. The van der Waals surface area contributed by atoms with Gasteiger partial charge in [-0.3, -0.25) is 0 Å². The first-order valence-corrected chi connectivity index (χ1v) is 5.38. The Morgan fingerprint density at radius 3 is 2.69 bits per heavy atom. The van der Waals surface area contributed by atoms with E-state index in [1.807, 2.05) is 0 Å². The van der Waals surface area contributed by atoms with Gasteiger partial charge in [0.2, 0.25) is 0 Å². The molecule has 0 spiro atoms. The average Bonchev–Trinajstić information content (AvgIpc) is 1.99. The zero-order valence-electron chi connectivity index (χ0n) is 9.39. The predicted octanol–water partition coefficient (Wildman–Crippen LogP) is 2.19. The van der Waals surface area contributed by atoms with Gasteiger partial charge in [-0.05, 0) is 32.6 Å². The summed E-state index contributed by atoms with van der Waals surface area (Å²) in [4.78, 5) is 0. The summed E-state index contributed by atoms with van der Waals surface area (Å²) in [6.07, 6.45) is 2.88. The summed E-state index contributed by atoms with van der Waals surface area (Å²) in [6.45, 7) is 10.8. The number of hydrogen-bond donors (Lipinski definition) is 1. The van der Waals surface area contributed by atoms with Crippen molar-refractivity contribution >= 4 is 0 Å². The van der Waals surface area contributed by atoms with Crippen molar-refractivity contribution in [3.8, 4) is 0 Å². The fourth-order valence-electron chi connectivity index (χ4n) is 1.75. The van der Waals surface area contributed by atoms with E-state index < -0.39 is 0 Å². The molecule has 13 heavy (non-hydrogen) atoms. The SMILES string of the molecule is CC(C)CC[C@@H]1CNCC(C)(C)O1. The number of hydrogen-bond acceptors (Lipinski definition) is 2. The summed E-state index contributed by atoms with van der Waals surface area (Å²) in [6, 6.07) is 0. The molecule has 0 aromatic rings. The van der Waals surface area contributed by atoms with Crippen molar-refractivity contribution in [1.29, 1.82) is 0 Å². The first-order valence-electron chi connectivity index (χ1n) is 5.38. The lowest BCUT2D eigenvalue weighted by Crippen LogP contribution is -2.50. The highest BCUT2D eigenvalue weighted by Crippen LogP contribution is 2.19. The zero-order chi connectivity index (χ0) is 9.90. The second-order valence-corrected chi connectivity index (χ2v) is 5.10. The normalized spacial score (nSPS) is 27.9. The maximum atomic E-state index is 5.96. The molecule has 0 aliphatic carbocycles. The third kappa shape index (κ3) is 4.10. The van der Waals surface area contributed by atoms with Crippen molar-refractivity contribution in [2.75, 3.05) is 13.1 Å². The Bertz CT molecular complexity index is 154. The van der Waals surface area contributed by atoms with E-state index in [1.54, 1.807) is 0 Å². The van der Waals surface area contributed by atoms with E-state index in [4.69, 9.17) is 4.74 Å². The van der Waals surface area contributed by atoms with Crippen molar-refractivity contribution in [3.63, 3.8) is 0 Å². The number of rotatable bonds is 3. The minimum atomic E-state index is 0.0277. The Morgan fingerprint density at radius 2 is 2.15 bits per heavy atom. The van der Waals surface area contributed by atoms with Gasteiger partial charge in [-0.2, -0.15) is 0 Å². The summed E-state index contributed by atoms with van der Waals surface area (Å²) in [5, 5.41) is 3.42. The van der Waals surface area contributed by atoms with Crippen LogP contribution < -0.4 is 5.32 Å². The van der Waals surface area contributed by atoms with Gasteiger partial charge >= 0.3 is 0 Å². The zero-order valence-corrected chi connectivity index (χ0v) is 9.39. The van der Waals surface area contributed by atoms with Crippen LogP contribution in [0.1, 0.15) is 40.5 Å². The smallest absolute Gasteiger partial charge is 0.0754 e. The fraction of sp³-hybridized carbons (Fsp3) is 1.00. The van der Waals surface area contributed by atoms with Crippen LogP contribution >= 0.6 is 0 Å². The molecule has 0 saturated carbocycles. The van der Waals surface area contributed by atoms with Crippen LogP contribution in [0.5, 0.6) is 0 Å². The Labute approximate surface area is 82.0 Å². The first kappa shape index (κ1) is 11.0. The molecule has 2 heteroatoms. The highest BCUT2D eigenvalue weighted by atomic mass is 16.5. The Balaban J connectivity index is 2.26. The van der Waals surface area contributed by atoms with Crippen molar-refractivity contribution < 1.29 is 4.74 Å². The van der Waals surface area contributed by atoms with E-state index in [9.17, 15) is 0 Å². The van der Waals surface area contributed by atoms with Gasteiger partial charge in [0.05, 0.1) is 11.7 Å². The third-order valence-electron chi connectivity index (χ3n) is 2.47. The number of ether oxygens (including phenoxy) is 1. The molecule has 78 valence electrons. The standard InChI is InChI=1S/C11H23NO/c1-9(2)5-6-10-7-12-8-11(3,4)13-10/h9-10,12H,5-8H2,1-4H3/t10-/m1/s1. The summed E-state index contributed by atoms with van der Waals surface area (Å²) < 4.78 is 5.96. The molecule has 0 aromatic carbocycles. The van der Waals surface area contributed by atoms with Gasteiger partial charge in [0, 0.05) is 13.1 Å². The van der Waals surface area contributed by atoms with Gasteiger partial charge in [0.25, 0.3) is 0 Å². The second-order valence-electron chi connectivity index (χ2n) is 5.10. The lowest BCUT2D eigenvalue weighted by molar-refractivity contribution is -0.0974. The van der Waals surface area contributed by atoms with E-state index in [1.165, 1.54) is 12.8 Å². The molecule has 0 unspecified atom stereocenters. The van der Waals surface area contributed by atoms with Gasteiger partial charge in [-0.15, -0.1) is 0 Å². The Morgan fingerprint density at radius 1 is 1.46 bits per heavy atom. The summed E-state index contributed by atoms with van der Waals surface area (Å²) in [5.74, 6) is 0.786. The van der Waals surface area contributed by atoms with Crippen LogP contribution in [0, 0.1) is 5.92 Å². The van der Waals surface area contributed by atoms with Crippen LogP contribution in [0.4, 0.5) is 0 Å². The largest absolute Gasteiger partial charge is 0.370 e. The molecule has 1 aliphatic heterocycles. The van der Waals surface area contributed by atoms with Crippen LogP contribution in [0.3, 0.4) is 0 Å². The van der Waals surface area contributed by atoms with E-state index in [0.29, 0.717) is 6.10 Å². The summed E-state index contributed by atoms with van der Waals surface area (Å²) in [7, 11) is 0. The average molecular weight is 185 g/mol. The molecule has 0 aromatic heterocycles. The quantitative estimate of drug-likeness (QED) is 0.727. The fourth-order valence-corrected chi connectivity index (χ4v) is 1.75. The van der Waals surface area contributed by atoms with Crippen molar-refractivity contribution in [2.45, 2.75) is 52.2 Å². The molecule has 1 aliphatic rings. The molecule has 1 saturated heterocycles. The van der Waals surface area contributed by atoms with Crippen LogP contribution in [0.2, 0.25) is 0 Å². The van der Waals surface area contributed by atoms with Crippen molar-refractivity contribution in [1.82, 2.24) is 5.32 Å². The maximum absolute atomic E-state index is 5.96. The van der Waals surface area contributed by atoms with Gasteiger partial charge < -0.3 is 10.1 Å². The number of morpholine rings is 1. The van der Waals surface area contributed by atoms with Gasteiger partial charge in [0.1, 0.15) is 0 Å². The molecule has 1 fully saturated rings. The van der Waals surface area contributed by atoms with Crippen LogP contribution in [-0.4, -0.2) is 24.8 Å². The van der Waals surface area contributed by atoms with E-state index in [0.717, 1.165) is 19.0 Å². The predicted molar refractivity (Wildman–Crippen MR) is 55.9 cm³/mol. The van der Waals surface area contributed by atoms with Gasteiger partial charge in [0.15, 0.2) is 0 Å². The highest BCUT2D eigenvalue weighted by molar-refractivity contribution is 4.81. The minimum Gasteiger partial charge on any atom is -0.370 e. The highest BCUT2D eigenvalue weighted by Gasteiger charge is 2.27. The molecule has 1 N–H and O–H groups in total. The second kappa shape index (κ2) is 4.43. The molecule has 1 rings (SSSR count). The van der Waals surface area contributed by atoms with E-state index in [2.05, 4.69) is 33.0 Å². The molecule has 2 nitrogen and oxygen atoms in total. The molecule has 0 bridgehead atoms. The lowest BCUT2D eigenvalue weighted by Gasteiger charge is -2.37. The van der Waals surface area contributed by atoms with Crippen LogP contribution in [0.25, 0.3) is 0 Å². The Hall–Kier alpha value is -0.0800. The van der Waals surface area contributed by atoms with E-state index in [-0.39, 0.29) is 5.60 Å². The van der Waals surface area contributed by atoms with Gasteiger partial charge in [-0.25, -0.2) is 0 Å². The molecule has 1 heterocycles. The molecule has 0 amide bonds. The van der Waals surface area contributed by atoms with Gasteiger partial charge in [-0.1, -0.05) is 13.8 Å². The topological polar surface area (TPSA) is 21.3 Å². The summed E-state index contributed by atoms with van der Waals surface area (Å²) in [5.41, 5.74) is 0.0277. The third-order valence-corrected chi connectivity index (χ3v) is 2.47. The van der Waals surface area contributed by atoms with Crippen LogP contribution in [0.15, 0.2) is 0 Å². The van der Waals surface area contributed by atoms with Crippen molar-refractivity contribution in [3.05, 3.63) is 0 Å². The van der Waals surface area contributed by atoms with Crippen LogP contribution in [-0.2, 0) is 4.74 Å². The minimum absolute atomic E-state index is 0.0277. The van der Waals surface area contributed by atoms with E-state index >= 15 is 0 Å². The molecule has 0 radical (unpaired) electrons. The van der Waals surface area contributed by atoms with Crippen molar-refractivity contribution in [2.24, 2.45) is 5.92 Å². The monoisotopic (exact) mass is 185 g/mol.